The Bertz CT molecular complexity index is 372. The van der Waals surface area contributed by atoms with Crippen molar-refractivity contribution in [3.05, 3.63) is 0 Å². The van der Waals surface area contributed by atoms with Gasteiger partial charge in [-0.05, 0) is 18.1 Å². The minimum atomic E-state index is -0.652. The normalized spacial score (nSPS) is 17.4. The lowest BCUT2D eigenvalue weighted by molar-refractivity contribution is -0.118. The summed E-state index contributed by atoms with van der Waals surface area (Å²) in [6, 6.07) is 0. The van der Waals surface area contributed by atoms with E-state index in [1.54, 1.807) is 0 Å². The predicted molar refractivity (Wildman–Crippen MR) is 54.8 cm³/mol. The molecule has 1 saturated carbocycles. The third kappa shape index (κ3) is 1.46. The number of rotatable bonds is 3. The first-order valence-corrected chi connectivity index (χ1v) is 5.10. The molecule has 0 bridgehead atoms. The standard InChI is InChI=1S/C6H7N5OS2/c7-3(13)6(1-2-6)4(12)8-5-9-10-11-14-5/h1-2H2,(H2,7,13)(H,8,9,11,12). The number of hydrogen-bond acceptors (Lipinski definition) is 6. The highest BCUT2D eigenvalue weighted by atomic mass is 32.1. The Balaban J connectivity index is 2.07. The minimum absolute atomic E-state index is 0.205. The molecule has 8 heteroatoms. The van der Waals surface area contributed by atoms with E-state index in [-0.39, 0.29) is 10.9 Å². The van der Waals surface area contributed by atoms with Crippen molar-refractivity contribution in [2.24, 2.45) is 11.1 Å². The molecule has 1 aromatic heterocycles. The molecule has 74 valence electrons. The molecular formula is C6H7N5OS2. The van der Waals surface area contributed by atoms with Crippen molar-refractivity contribution in [1.82, 2.24) is 14.8 Å². The minimum Gasteiger partial charge on any atom is -0.392 e. The number of aromatic nitrogens is 3. The molecule has 0 aromatic carbocycles. The maximum Gasteiger partial charge on any atom is 0.239 e. The van der Waals surface area contributed by atoms with E-state index in [4.69, 9.17) is 18.0 Å². The third-order valence-corrected chi connectivity index (χ3v) is 3.08. The number of amides is 1. The summed E-state index contributed by atoms with van der Waals surface area (Å²) < 4.78 is 3.52. The SMILES string of the molecule is NC(=S)C1(C(=O)Nc2nnns2)CC1. The Labute approximate surface area is 89.0 Å². The average Bonchev–Trinajstić information content (AvgIpc) is 2.81. The predicted octanol–water partition coefficient (Wildman–Crippen LogP) is -0.0621. The number of thiocarbonyl (C=S) groups is 1. The Morgan fingerprint density at radius 3 is 2.79 bits per heavy atom. The molecule has 0 spiro atoms. The van der Waals surface area contributed by atoms with Gasteiger partial charge in [-0.1, -0.05) is 21.8 Å². The van der Waals surface area contributed by atoms with Gasteiger partial charge in [0.1, 0.15) is 0 Å². The first-order valence-electron chi connectivity index (χ1n) is 3.91. The quantitative estimate of drug-likeness (QED) is 0.705. The molecule has 0 atom stereocenters. The molecule has 1 aliphatic carbocycles. The van der Waals surface area contributed by atoms with E-state index in [1.165, 1.54) is 0 Å². The number of carbonyl (C=O) groups excluding carboxylic acids is 1. The number of nitrogens with one attached hydrogen (secondary N) is 1. The van der Waals surface area contributed by atoms with E-state index in [2.05, 4.69) is 20.1 Å². The van der Waals surface area contributed by atoms with Gasteiger partial charge in [0.25, 0.3) is 0 Å². The van der Waals surface area contributed by atoms with Crippen molar-refractivity contribution in [3.63, 3.8) is 0 Å². The number of nitrogens with two attached hydrogens (primary N) is 1. The van der Waals surface area contributed by atoms with Gasteiger partial charge in [0.05, 0.1) is 10.4 Å². The fourth-order valence-corrected chi connectivity index (χ4v) is 1.77. The molecule has 2 rings (SSSR count). The second-order valence-corrected chi connectivity index (χ2v) is 4.24. The van der Waals surface area contributed by atoms with Crippen molar-refractivity contribution < 1.29 is 4.79 Å². The van der Waals surface area contributed by atoms with Gasteiger partial charge in [0.2, 0.25) is 11.0 Å². The Hall–Kier alpha value is -1.15. The van der Waals surface area contributed by atoms with Gasteiger partial charge < -0.3 is 5.73 Å². The molecule has 6 nitrogen and oxygen atoms in total. The van der Waals surface area contributed by atoms with Gasteiger partial charge in [0, 0.05) is 11.5 Å². The largest absolute Gasteiger partial charge is 0.392 e. The molecule has 1 heterocycles. The number of carbonyl (C=O) groups is 1. The summed E-state index contributed by atoms with van der Waals surface area (Å²) in [4.78, 5) is 11.9. The van der Waals surface area contributed by atoms with Crippen LogP contribution in [0.15, 0.2) is 0 Å². The highest BCUT2D eigenvalue weighted by Gasteiger charge is 2.53. The van der Waals surface area contributed by atoms with E-state index in [0.717, 1.165) is 11.5 Å². The summed E-state index contributed by atoms with van der Waals surface area (Å²) in [5.41, 5.74) is 4.83. The van der Waals surface area contributed by atoms with Gasteiger partial charge in [-0.15, -0.1) is 0 Å². The average molecular weight is 229 g/mol. The second-order valence-electron chi connectivity index (χ2n) is 3.07. The maximum absolute atomic E-state index is 11.7. The lowest BCUT2D eigenvalue weighted by Crippen LogP contribution is -2.34. The molecule has 0 saturated heterocycles. The molecule has 0 radical (unpaired) electrons. The molecule has 1 aromatic rings. The highest BCUT2D eigenvalue weighted by molar-refractivity contribution is 7.80. The van der Waals surface area contributed by atoms with Gasteiger partial charge in [-0.2, -0.15) is 0 Å². The zero-order valence-corrected chi connectivity index (χ0v) is 8.69. The van der Waals surface area contributed by atoms with Gasteiger partial charge >= 0.3 is 0 Å². The van der Waals surface area contributed by atoms with E-state index in [1.807, 2.05) is 0 Å². The van der Waals surface area contributed by atoms with Crippen molar-refractivity contribution >= 4 is 39.8 Å². The van der Waals surface area contributed by atoms with Crippen LogP contribution in [0.3, 0.4) is 0 Å². The summed E-state index contributed by atoms with van der Waals surface area (Å²) in [5.74, 6) is -0.205. The molecule has 3 N–H and O–H groups in total. The fourth-order valence-electron chi connectivity index (χ4n) is 1.11. The zero-order valence-electron chi connectivity index (χ0n) is 7.06. The van der Waals surface area contributed by atoms with Crippen LogP contribution in [0.1, 0.15) is 12.8 Å². The van der Waals surface area contributed by atoms with Crippen molar-refractivity contribution in [3.8, 4) is 0 Å². The van der Waals surface area contributed by atoms with E-state index in [0.29, 0.717) is 18.0 Å². The van der Waals surface area contributed by atoms with Crippen LogP contribution in [-0.2, 0) is 4.79 Å². The topological polar surface area (TPSA) is 93.8 Å². The highest BCUT2D eigenvalue weighted by Crippen LogP contribution is 2.46. The lowest BCUT2D eigenvalue weighted by atomic mass is 10.1. The summed E-state index contributed by atoms with van der Waals surface area (Å²) in [5, 5.41) is 9.92. The van der Waals surface area contributed by atoms with Crippen LogP contribution in [0.2, 0.25) is 0 Å². The van der Waals surface area contributed by atoms with Crippen LogP contribution in [0, 0.1) is 5.41 Å². The van der Waals surface area contributed by atoms with E-state index >= 15 is 0 Å². The first-order chi connectivity index (χ1) is 6.65. The van der Waals surface area contributed by atoms with Crippen molar-refractivity contribution in [2.75, 3.05) is 5.32 Å². The molecule has 0 unspecified atom stereocenters. The zero-order chi connectivity index (χ0) is 10.2. The van der Waals surface area contributed by atoms with Crippen molar-refractivity contribution in [2.45, 2.75) is 12.8 Å². The lowest BCUT2D eigenvalue weighted by Gasteiger charge is -2.10. The van der Waals surface area contributed by atoms with E-state index in [9.17, 15) is 4.79 Å². The smallest absolute Gasteiger partial charge is 0.239 e. The summed E-state index contributed by atoms with van der Waals surface area (Å²) in [6.45, 7) is 0. The molecule has 1 amide bonds. The van der Waals surface area contributed by atoms with Crippen LogP contribution < -0.4 is 11.1 Å². The Morgan fingerprint density at radius 2 is 2.36 bits per heavy atom. The van der Waals surface area contributed by atoms with Crippen LogP contribution in [-0.4, -0.2) is 25.7 Å². The molecule has 14 heavy (non-hydrogen) atoms. The third-order valence-electron chi connectivity index (χ3n) is 2.18. The number of anilines is 1. The Kier molecular flexibility index (Phi) is 2.16. The summed E-state index contributed by atoms with van der Waals surface area (Å²) in [6.07, 6.45) is 1.42. The summed E-state index contributed by atoms with van der Waals surface area (Å²) in [7, 11) is 0. The summed E-state index contributed by atoms with van der Waals surface area (Å²) >= 11 is 5.85. The maximum atomic E-state index is 11.7. The fraction of sp³-hybridized carbons (Fsp3) is 0.500. The molecule has 1 fully saturated rings. The van der Waals surface area contributed by atoms with Crippen LogP contribution >= 0.6 is 23.8 Å². The van der Waals surface area contributed by atoms with Crippen LogP contribution in [0.5, 0.6) is 0 Å². The van der Waals surface area contributed by atoms with Gasteiger partial charge in [-0.25, -0.2) is 0 Å². The van der Waals surface area contributed by atoms with Crippen LogP contribution in [0.4, 0.5) is 5.13 Å². The van der Waals surface area contributed by atoms with Crippen molar-refractivity contribution in [1.29, 1.82) is 0 Å². The number of hydrogen-bond donors (Lipinski definition) is 2. The van der Waals surface area contributed by atoms with Gasteiger partial charge in [-0.3, -0.25) is 10.1 Å². The first kappa shape index (κ1) is 9.41. The van der Waals surface area contributed by atoms with Crippen LogP contribution in [0.25, 0.3) is 0 Å². The monoisotopic (exact) mass is 229 g/mol. The van der Waals surface area contributed by atoms with E-state index < -0.39 is 5.41 Å². The molecular weight excluding hydrogens is 222 g/mol. The van der Waals surface area contributed by atoms with Gasteiger partial charge in [0.15, 0.2) is 0 Å². The number of nitrogens with zero attached hydrogens (tertiary/aromatic N) is 3. The second kappa shape index (κ2) is 3.21. The Morgan fingerprint density at radius 1 is 1.64 bits per heavy atom. The molecule has 0 aliphatic heterocycles. The molecule has 1 aliphatic rings.